The van der Waals surface area contributed by atoms with Crippen molar-refractivity contribution in [2.24, 2.45) is 0 Å². The fourth-order valence-electron chi connectivity index (χ4n) is 1.33. The zero-order valence-corrected chi connectivity index (χ0v) is 8.23. The van der Waals surface area contributed by atoms with Crippen LogP contribution in [-0.4, -0.2) is 16.6 Å². The minimum Gasteiger partial charge on any atom is -0.396 e. The van der Waals surface area contributed by atoms with Crippen LogP contribution in [-0.2, 0) is 0 Å². The van der Waals surface area contributed by atoms with Crippen LogP contribution in [0, 0.1) is 17.0 Å². The number of nitro groups is 1. The van der Waals surface area contributed by atoms with Crippen molar-refractivity contribution >= 4 is 5.69 Å². The molecule has 0 aliphatic carbocycles. The molecule has 4 heteroatoms. The first-order valence-electron chi connectivity index (χ1n) is 4.42. The van der Waals surface area contributed by atoms with E-state index in [2.05, 4.69) is 0 Å². The van der Waals surface area contributed by atoms with Crippen LogP contribution in [0.4, 0.5) is 5.69 Å². The van der Waals surface area contributed by atoms with Gasteiger partial charge < -0.3 is 5.11 Å². The summed E-state index contributed by atoms with van der Waals surface area (Å²) in [5.41, 5.74) is 1.53. The Labute approximate surface area is 82.3 Å². The van der Waals surface area contributed by atoms with Gasteiger partial charge in [-0.15, -0.1) is 0 Å². The average molecular weight is 195 g/mol. The first kappa shape index (κ1) is 10.7. The lowest BCUT2D eigenvalue weighted by atomic mass is 9.99. The van der Waals surface area contributed by atoms with Crippen molar-refractivity contribution in [2.75, 3.05) is 6.61 Å². The Balaban J connectivity index is 3.21. The van der Waals surface area contributed by atoms with Crippen LogP contribution >= 0.6 is 0 Å². The molecule has 1 N–H and O–H groups in total. The molecule has 1 aromatic carbocycles. The van der Waals surface area contributed by atoms with Crippen molar-refractivity contribution in [1.82, 2.24) is 0 Å². The van der Waals surface area contributed by atoms with Gasteiger partial charge in [-0.25, -0.2) is 0 Å². The third kappa shape index (κ3) is 2.09. The maximum Gasteiger partial charge on any atom is 0.273 e. The van der Waals surface area contributed by atoms with E-state index in [1.165, 1.54) is 6.07 Å². The number of hydrogen-bond acceptors (Lipinski definition) is 3. The number of nitro benzene ring substituents is 1. The molecule has 1 atom stereocenters. The van der Waals surface area contributed by atoms with Gasteiger partial charge in [0.05, 0.1) is 4.92 Å². The van der Waals surface area contributed by atoms with Crippen LogP contribution in [0.25, 0.3) is 0 Å². The molecule has 76 valence electrons. The standard InChI is InChI=1S/C10H13NO3/c1-7-3-4-9(8(2)6-12)10(5-7)11(13)14/h3-5,8,12H,6H2,1-2H3. The smallest absolute Gasteiger partial charge is 0.273 e. The van der Waals surface area contributed by atoms with E-state index in [1.54, 1.807) is 19.9 Å². The van der Waals surface area contributed by atoms with Gasteiger partial charge in [0.1, 0.15) is 0 Å². The monoisotopic (exact) mass is 195 g/mol. The molecule has 0 aliphatic heterocycles. The Hall–Kier alpha value is -1.42. The second kappa shape index (κ2) is 4.19. The van der Waals surface area contributed by atoms with Gasteiger partial charge in [0.15, 0.2) is 0 Å². The summed E-state index contributed by atoms with van der Waals surface area (Å²) in [6, 6.07) is 5.05. The number of aliphatic hydroxyl groups is 1. The maximum absolute atomic E-state index is 10.7. The Morgan fingerprint density at radius 1 is 1.57 bits per heavy atom. The van der Waals surface area contributed by atoms with Crippen molar-refractivity contribution < 1.29 is 10.0 Å². The minimum absolute atomic E-state index is 0.0795. The molecule has 0 spiro atoms. The molecule has 1 rings (SSSR count). The number of benzene rings is 1. The van der Waals surface area contributed by atoms with Gasteiger partial charge in [0.25, 0.3) is 5.69 Å². The molecule has 1 unspecified atom stereocenters. The first-order valence-corrected chi connectivity index (χ1v) is 4.42. The SMILES string of the molecule is Cc1ccc(C(C)CO)c([N+](=O)[O-])c1. The summed E-state index contributed by atoms with van der Waals surface area (Å²) in [5, 5.41) is 19.7. The lowest BCUT2D eigenvalue weighted by Gasteiger charge is -2.08. The molecule has 0 heterocycles. The predicted octanol–water partition coefficient (Wildman–Crippen LogP) is 2.00. The second-order valence-electron chi connectivity index (χ2n) is 3.40. The van der Waals surface area contributed by atoms with Crippen molar-refractivity contribution in [1.29, 1.82) is 0 Å². The van der Waals surface area contributed by atoms with E-state index in [4.69, 9.17) is 5.11 Å². The highest BCUT2D eigenvalue weighted by molar-refractivity contribution is 5.44. The molecule has 0 radical (unpaired) electrons. The fraction of sp³-hybridized carbons (Fsp3) is 0.400. The summed E-state index contributed by atoms with van der Waals surface area (Å²) in [6.07, 6.45) is 0. The topological polar surface area (TPSA) is 63.4 Å². The van der Waals surface area contributed by atoms with E-state index in [1.807, 2.05) is 6.07 Å². The largest absolute Gasteiger partial charge is 0.396 e. The van der Waals surface area contributed by atoms with Crippen molar-refractivity contribution in [3.63, 3.8) is 0 Å². The van der Waals surface area contributed by atoms with Crippen molar-refractivity contribution in [3.8, 4) is 0 Å². The second-order valence-corrected chi connectivity index (χ2v) is 3.40. The predicted molar refractivity (Wildman–Crippen MR) is 53.3 cm³/mol. The summed E-state index contributed by atoms with van der Waals surface area (Å²) in [7, 11) is 0. The normalized spacial score (nSPS) is 12.5. The van der Waals surface area contributed by atoms with E-state index in [9.17, 15) is 10.1 Å². The van der Waals surface area contributed by atoms with Crippen LogP contribution in [0.5, 0.6) is 0 Å². The van der Waals surface area contributed by atoms with Crippen LogP contribution in [0.15, 0.2) is 18.2 Å². The molecular formula is C10H13NO3. The van der Waals surface area contributed by atoms with E-state index < -0.39 is 4.92 Å². The van der Waals surface area contributed by atoms with Gasteiger partial charge in [0.2, 0.25) is 0 Å². The van der Waals surface area contributed by atoms with Gasteiger partial charge in [-0.1, -0.05) is 19.1 Å². The number of aliphatic hydroxyl groups excluding tert-OH is 1. The molecular weight excluding hydrogens is 182 g/mol. The Morgan fingerprint density at radius 3 is 2.71 bits per heavy atom. The molecule has 0 saturated heterocycles. The molecule has 0 amide bonds. The van der Waals surface area contributed by atoms with E-state index >= 15 is 0 Å². The third-order valence-corrected chi connectivity index (χ3v) is 2.19. The Kier molecular flexibility index (Phi) is 3.19. The number of nitrogens with zero attached hydrogens (tertiary/aromatic N) is 1. The van der Waals surface area contributed by atoms with Gasteiger partial charge in [-0.3, -0.25) is 10.1 Å². The lowest BCUT2D eigenvalue weighted by molar-refractivity contribution is -0.385. The molecule has 0 saturated carbocycles. The zero-order valence-electron chi connectivity index (χ0n) is 8.23. The van der Waals surface area contributed by atoms with E-state index in [0.717, 1.165) is 5.56 Å². The Morgan fingerprint density at radius 2 is 2.21 bits per heavy atom. The summed E-state index contributed by atoms with van der Waals surface area (Å²) in [6.45, 7) is 3.49. The van der Waals surface area contributed by atoms with E-state index in [0.29, 0.717) is 5.56 Å². The quantitative estimate of drug-likeness (QED) is 0.592. The molecule has 1 aromatic rings. The van der Waals surface area contributed by atoms with Crippen LogP contribution in [0.2, 0.25) is 0 Å². The summed E-state index contributed by atoms with van der Waals surface area (Å²) in [5.74, 6) is -0.198. The fourth-order valence-corrected chi connectivity index (χ4v) is 1.33. The summed E-state index contributed by atoms with van der Waals surface area (Å²) >= 11 is 0. The highest BCUT2D eigenvalue weighted by Gasteiger charge is 2.17. The molecule has 4 nitrogen and oxygen atoms in total. The number of rotatable bonds is 3. The maximum atomic E-state index is 10.7. The molecule has 0 fully saturated rings. The highest BCUT2D eigenvalue weighted by atomic mass is 16.6. The van der Waals surface area contributed by atoms with Crippen molar-refractivity contribution in [3.05, 3.63) is 39.4 Å². The Bertz CT molecular complexity index is 349. The summed E-state index contributed by atoms with van der Waals surface area (Å²) in [4.78, 5) is 10.3. The molecule has 0 aromatic heterocycles. The zero-order chi connectivity index (χ0) is 10.7. The lowest BCUT2D eigenvalue weighted by Crippen LogP contribution is -2.03. The van der Waals surface area contributed by atoms with Gasteiger partial charge in [-0.05, 0) is 12.5 Å². The van der Waals surface area contributed by atoms with Crippen LogP contribution < -0.4 is 0 Å². The molecule has 0 aliphatic rings. The van der Waals surface area contributed by atoms with Crippen LogP contribution in [0.1, 0.15) is 24.0 Å². The van der Waals surface area contributed by atoms with Crippen LogP contribution in [0.3, 0.4) is 0 Å². The first-order chi connectivity index (χ1) is 6.56. The highest BCUT2D eigenvalue weighted by Crippen LogP contribution is 2.26. The number of hydrogen-bond donors (Lipinski definition) is 1. The number of aryl methyl sites for hydroxylation is 1. The van der Waals surface area contributed by atoms with Crippen molar-refractivity contribution in [2.45, 2.75) is 19.8 Å². The average Bonchev–Trinajstić information content (AvgIpc) is 2.16. The summed E-state index contributed by atoms with van der Waals surface area (Å²) < 4.78 is 0. The van der Waals surface area contributed by atoms with E-state index in [-0.39, 0.29) is 18.2 Å². The van der Waals surface area contributed by atoms with Gasteiger partial charge in [-0.2, -0.15) is 0 Å². The van der Waals surface area contributed by atoms with Gasteiger partial charge in [0, 0.05) is 24.2 Å². The van der Waals surface area contributed by atoms with Gasteiger partial charge >= 0.3 is 0 Å². The third-order valence-electron chi connectivity index (χ3n) is 2.19. The molecule has 0 bridgehead atoms. The minimum atomic E-state index is -0.408. The molecule has 14 heavy (non-hydrogen) atoms.